The first-order valence-corrected chi connectivity index (χ1v) is 8.44. The minimum absolute atomic E-state index is 0.0125. The van der Waals surface area contributed by atoms with Crippen LogP contribution in [0.2, 0.25) is 5.02 Å². The van der Waals surface area contributed by atoms with E-state index in [1.54, 1.807) is 0 Å². The van der Waals surface area contributed by atoms with E-state index in [2.05, 4.69) is 16.2 Å². The highest BCUT2D eigenvalue weighted by Crippen LogP contribution is 2.25. The molecule has 3 N–H and O–H groups in total. The number of hydrazine groups is 1. The van der Waals surface area contributed by atoms with Crippen LogP contribution < -0.4 is 20.9 Å². The zero-order valence-corrected chi connectivity index (χ0v) is 14.4. The van der Waals surface area contributed by atoms with Gasteiger partial charge < -0.3 is 10.1 Å². The molecule has 2 aromatic carbocycles. The summed E-state index contributed by atoms with van der Waals surface area (Å²) in [6, 6.07) is 11.4. The van der Waals surface area contributed by atoms with E-state index in [9.17, 15) is 9.18 Å². The molecule has 132 valence electrons. The summed E-state index contributed by atoms with van der Waals surface area (Å²) in [7, 11) is 0. The van der Waals surface area contributed by atoms with Crippen molar-refractivity contribution in [3.63, 3.8) is 0 Å². The average Bonchev–Trinajstić information content (AvgIpc) is 3.08. The Labute approximate surface area is 150 Å². The van der Waals surface area contributed by atoms with Crippen molar-refractivity contribution in [2.24, 2.45) is 0 Å². The van der Waals surface area contributed by atoms with Crippen molar-refractivity contribution in [2.45, 2.75) is 25.4 Å². The highest BCUT2D eigenvalue weighted by Gasteiger charge is 2.30. The Balaban J connectivity index is 1.60. The molecule has 1 saturated heterocycles. The molecule has 0 radical (unpaired) electrons. The number of rotatable bonds is 5. The summed E-state index contributed by atoms with van der Waals surface area (Å²) in [4.78, 5) is 12.3. The van der Waals surface area contributed by atoms with Crippen LogP contribution in [0.3, 0.4) is 0 Å². The number of benzene rings is 2. The van der Waals surface area contributed by atoms with Crippen molar-refractivity contribution in [2.75, 3.05) is 11.9 Å². The van der Waals surface area contributed by atoms with Crippen LogP contribution >= 0.6 is 11.6 Å². The minimum atomic E-state index is -0.560. The van der Waals surface area contributed by atoms with Gasteiger partial charge in [0.2, 0.25) is 5.91 Å². The van der Waals surface area contributed by atoms with Crippen LogP contribution in [0.4, 0.5) is 10.1 Å². The lowest BCUT2D eigenvalue weighted by atomic mass is 10.0. The van der Waals surface area contributed by atoms with Gasteiger partial charge in [-0.15, -0.1) is 0 Å². The summed E-state index contributed by atoms with van der Waals surface area (Å²) >= 11 is 5.71. The van der Waals surface area contributed by atoms with Gasteiger partial charge in [-0.1, -0.05) is 23.7 Å². The molecule has 2 unspecified atom stereocenters. The zero-order valence-electron chi connectivity index (χ0n) is 13.7. The van der Waals surface area contributed by atoms with E-state index >= 15 is 0 Å². The number of halogens is 2. The molecule has 2 aromatic rings. The van der Waals surface area contributed by atoms with Gasteiger partial charge in [0.1, 0.15) is 17.6 Å². The van der Waals surface area contributed by atoms with Gasteiger partial charge in [-0.05, 0) is 49.2 Å². The van der Waals surface area contributed by atoms with Crippen LogP contribution in [0.25, 0.3) is 0 Å². The summed E-state index contributed by atoms with van der Waals surface area (Å²) < 4.78 is 19.2. The maximum absolute atomic E-state index is 13.8. The topological polar surface area (TPSA) is 62.4 Å². The highest BCUT2D eigenvalue weighted by atomic mass is 35.5. The molecule has 1 amide bonds. The van der Waals surface area contributed by atoms with E-state index in [4.69, 9.17) is 16.3 Å². The molecule has 0 aromatic heterocycles. The third-order valence-electron chi connectivity index (χ3n) is 4.00. The Morgan fingerprint density at radius 2 is 2.04 bits per heavy atom. The molecule has 0 bridgehead atoms. The quantitative estimate of drug-likeness (QED) is 0.761. The SMILES string of the molecule is CCOc1ccc(C2CC(C(=O)Nc3ccc(Cl)cc3F)NN2)cc1. The molecule has 0 saturated carbocycles. The molecule has 1 heterocycles. The summed E-state index contributed by atoms with van der Waals surface area (Å²) in [5.74, 6) is -0.0539. The number of nitrogens with one attached hydrogen (secondary N) is 3. The fraction of sp³-hybridized carbons (Fsp3) is 0.278. The van der Waals surface area contributed by atoms with E-state index < -0.39 is 11.9 Å². The Bertz CT molecular complexity index is 754. The normalized spacial score (nSPS) is 19.6. The number of carbonyl (C=O) groups is 1. The van der Waals surface area contributed by atoms with Crippen LogP contribution in [0, 0.1) is 5.82 Å². The van der Waals surface area contributed by atoms with Crippen LogP contribution in [-0.4, -0.2) is 18.6 Å². The molecule has 1 aliphatic rings. The van der Waals surface area contributed by atoms with Gasteiger partial charge in [0.05, 0.1) is 12.3 Å². The highest BCUT2D eigenvalue weighted by molar-refractivity contribution is 6.30. The van der Waals surface area contributed by atoms with Gasteiger partial charge in [0.15, 0.2) is 0 Å². The summed E-state index contributed by atoms with van der Waals surface area (Å²) in [5, 5.41) is 2.87. The lowest BCUT2D eigenvalue weighted by Crippen LogP contribution is -2.39. The molecule has 1 fully saturated rings. The van der Waals surface area contributed by atoms with Gasteiger partial charge in [-0.2, -0.15) is 0 Å². The number of hydrogen-bond acceptors (Lipinski definition) is 4. The van der Waals surface area contributed by atoms with E-state index in [0.29, 0.717) is 13.0 Å². The molecule has 3 rings (SSSR count). The monoisotopic (exact) mass is 363 g/mol. The number of hydrogen-bond donors (Lipinski definition) is 3. The van der Waals surface area contributed by atoms with Gasteiger partial charge in [-0.25, -0.2) is 15.2 Å². The first-order valence-electron chi connectivity index (χ1n) is 8.06. The smallest absolute Gasteiger partial charge is 0.243 e. The summed E-state index contributed by atoms with van der Waals surface area (Å²) in [6.45, 7) is 2.55. The molecular formula is C18H19ClFN3O2. The number of carbonyl (C=O) groups excluding carboxylic acids is 1. The molecule has 25 heavy (non-hydrogen) atoms. The predicted molar refractivity (Wildman–Crippen MR) is 95.1 cm³/mol. The van der Waals surface area contributed by atoms with Gasteiger partial charge >= 0.3 is 0 Å². The molecular weight excluding hydrogens is 345 g/mol. The van der Waals surface area contributed by atoms with Gasteiger partial charge in [0, 0.05) is 11.1 Å². The second-order valence-corrected chi connectivity index (χ2v) is 6.18. The average molecular weight is 364 g/mol. The lowest BCUT2D eigenvalue weighted by Gasteiger charge is -2.12. The Morgan fingerprint density at radius 1 is 1.28 bits per heavy atom. The van der Waals surface area contributed by atoms with E-state index in [1.165, 1.54) is 18.2 Å². The van der Waals surface area contributed by atoms with Crippen LogP contribution in [-0.2, 0) is 4.79 Å². The number of amides is 1. The molecule has 2 atom stereocenters. The van der Waals surface area contributed by atoms with Crippen molar-refractivity contribution in [3.8, 4) is 5.75 Å². The zero-order chi connectivity index (χ0) is 17.8. The standard InChI is InChI=1S/C18H19ClFN3O2/c1-2-25-13-6-3-11(4-7-13)16-10-17(23-22-16)18(24)21-15-8-5-12(19)9-14(15)20/h3-9,16-17,22-23H,2,10H2,1H3,(H,21,24). The van der Waals surface area contributed by atoms with Crippen LogP contribution in [0.15, 0.2) is 42.5 Å². The Morgan fingerprint density at radius 3 is 2.72 bits per heavy atom. The van der Waals surface area contributed by atoms with E-state index in [-0.39, 0.29) is 22.7 Å². The fourth-order valence-corrected chi connectivity index (χ4v) is 2.88. The maximum atomic E-state index is 13.8. The van der Waals surface area contributed by atoms with Crippen molar-refractivity contribution < 1.29 is 13.9 Å². The molecule has 7 heteroatoms. The maximum Gasteiger partial charge on any atom is 0.243 e. The number of ether oxygens (including phenoxy) is 1. The second kappa shape index (κ2) is 7.82. The summed E-state index contributed by atoms with van der Waals surface area (Å²) in [5.41, 5.74) is 7.21. The number of anilines is 1. The molecule has 0 spiro atoms. The molecule has 5 nitrogen and oxygen atoms in total. The lowest BCUT2D eigenvalue weighted by molar-refractivity contribution is -0.117. The van der Waals surface area contributed by atoms with Crippen molar-refractivity contribution in [1.82, 2.24) is 10.9 Å². The third-order valence-corrected chi connectivity index (χ3v) is 4.24. The molecule has 0 aliphatic carbocycles. The fourth-order valence-electron chi connectivity index (χ4n) is 2.72. The first kappa shape index (κ1) is 17.7. The predicted octanol–water partition coefficient (Wildman–Crippen LogP) is 3.42. The molecule has 1 aliphatic heterocycles. The van der Waals surface area contributed by atoms with Crippen LogP contribution in [0.1, 0.15) is 24.9 Å². The van der Waals surface area contributed by atoms with E-state index in [0.717, 1.165) is 11.3 Å². The minimum Gasteiger partial charge on any atom is -0.494 e. The summed E-state index contributed by atoms with van der Waals surface area (Å²) in [6.07, 6.45) is 0.551. The Kier molecular flexibility index (Phi) is 5.53. The van der Waals surface area contributed by atoms with Crippen molar-refractivity contribution >= 4 is 23.2 Å². The van der Waals surface area contributed by atoms with Gasteiger partial charge in [-0.3, -0.25) is 4.79 Å². The van der Waals surface area contributed by atoms with Crippen molar-refractivity contribution in [3.05, 3.63) is 58.9 Å². The second-order valence-electron chi connectivity index (χ2n) is 5.75. The van der Waals surface area contributed by atoms with Gasteiger partial charge in [0.25, 0.3) is 0 Å². The Hall–Kier alpha value is -2.15. The largest absolute Gasteiger partial charge is 0.494 e. The third kappa shape index (κ3) is 4.28. The van der Waals surface area contributed by atoms with Crippen LogP contribution in [0.5, 0.6) is 5.75 Å². The van der Waals surface area contributed by atoms with Crippen molar-refractivity contribution in [1.29, 1.82) is 0 Å². The van der Waals surface area contributed by atoms with E-state index in [1.807, 2.05) is 31.2 Å². The first-order chi connectivity index (χ1) is 12.1.